The maximum Gasteiger partial charge on any atom is 0.376 e. The van der Waals surface area contributed by atoms with Gasteiger partial charge in [0, 0.05) is 20.0 Å². The molecule has 0 bridgehead atoms. The van der Waals surface area contributed by atoms with Gasteiger partial charge in [-0.15, -0.1) is 0 Å². The molecule has 0 radical (unpaired) electrons. The molecule has 2 heterocycles. The maximum atomic E-state index is 11.5. The van der Waals surface area contributed by atoms with Gasteiger partial charge in [0.2, 0.25) is 5.76 Å². The number of nitrogens with zero attached hydrogens (tertiary/aromatic N) is 1. The minimum atomic E-state index is -0.552. The van der Waals surface area contributed by atoms with Gasteiger partial charge in [-0.2, -0.15) is 0 Å². The summed E-state index contributed by atoms with van der Waals surface area (Å²) in [5.74, 6) is 0.845. The van der Waals surface area contributed by atoms with Crippen molar-refractivity contribution in [2.24, 2.45) is 0 Å². The molecule has 0 saturated heterocycles. The third kappa shape index (κ3) is 3.23. The van der Waals surface area contributed by atoms with Gasteiger partial charge in [-0.25, -0.2) is 9.78 Å². The second-order valence-corrected chi connectivity index (χ2v) is 3.89. The molecule has 0 saturated carbocycles. The average Bonchev–Trinajstić information content (AvgIpc) is 3.05. The third-order valence-corrected chi connectivity index (χ3v) is 2.56. The van der Waals surface area contributed by atoms with Gasteiger partial charge < -0.3 is 18.3 Å². The summed E-state index contributed by atoms with van der Waals surface area (Å²) in [6.45, 7) is 0.203. The summed E-state index contributed by atoms with van der Waals surface area (Å²) in [6, 6.07) is 3.70. The molecule has 0 fully saturated rings. The first-order valence-corrected chi connectivity index (χ1v) is 5.82. The lowest BCUT2D eigenvalue weighted by atomic mass is 10.2. The first-order chi connectivity index (χ1) is 9.24. The van der Waals surface area contributed by atoms with Crippen LogP contribution in [-0.2, 0) is 28.9 Å². The van der Waals surface area contributed by atoms with Crippen molar-refractivity contribution in [3.05, 3.63) is 41.5 Å². The topological polar surface area (TPSA) is 74.7 Å². The summed E-state index contributed by atoms with van der Waals surface area (Å²) >= 11 is 0. The number of aromatic nitrogens is 1. The smallest absolute Gasteiger partial charge is 0.376 e. The van der Waals surface area contributed by atoms with Crippen molar-refractivity contribution in [1.29, 1.82) is 0 Å². The zero-order chi connectivity index (χ0) is 13.7. The average molecular weight is 265 g/mol. The predicted octanol–water partition coefficient (Wildman–Crippen LogP) is 1.99. The van der Waals surface area contributed by atoms with Crippen LogP contribution in [0.1, 0.15) is 27.9 Å². The summed E-state index contributed by atoms with van der Waals surface area (Å²) in [6.07, 6.45) is 2.81. The normalized spacial score (nSPS) is 10.6. The molecule has 0 amide bonds. The van der Waals surface area contributed by atoms with E-state index < -0.39 is 5.97 Å². The van der Waals surface area contributed by atoms with E-state index in [0.717, 1.165) is 5.76 Å². The zero-order valence-electron chi connectivity index (χ0n) is 10.8. The number of hydrogen-bond acceptors (Lipinski definition) is 6. The SMILES string of the molecule is COCc1nc(CCc2ccco2)oc1C(=O)OC. The van der Waals surface area contributed by atoms with Gasteiger partial charge in [0.05, 0.1) is 20.0 Å². The monoisotopic (exact) mass is 265 g/mol. The fraction of sp³-hybridized carbons (Fsp3) is 0.385. The number of rotatable bonds is 6. The van der Waals surface area contributed by atoms with E-state index in [2.05, 4.69) is 9.72 Å². The Balaban J connectivity index is 2.10. The van der Waals surface area contributed by atoms with E-state index in [1.165, 1.54) is 14.2 Å². The Bertz CT molecular complexity index is 529. The number of oxazole rings is 1. The molecule has 0 N–H and O–H groups in total. The van der Waals surface area contributed by atoms with E-state index in [1.54, 1.807) is 6.26 Å². The minimum absolute atomic E-state index is 0.0961. The van der Waals surface area contributed by atoms with E-state index in [1.807, 2.05) is 12.1 Å². The standard InChI is InChI=1S/C13H15NO5/c1-16-8-10-12(13(15)17-2)19-11(14-10)6-5-9-4-3-7-18-9/h3-4,7H,5-6,8H2,1-2H3. The van der Waals surface area contributed by atoms with E-state index in [9.17, 15) is 4.79 Å². The van der Waals surface area contributed by atoms with Crippen LogP contribution < -0.4 is 0 Å². The first-order valence-electron chi connectivity index (χ1n) is 5.82. The van der Waals surface area contributed by atoms with Crippen molar-refractivity contribution in [2.45, 2.75) is 19.4 Å². The van der Waals surface area contributed by atoms with Gasteiger partial charge in [0.1, 0.15) is 11.5 Å². The Kier molecular flexibility index (Phi) is 4.35. The lowest BCUT2D eigenvalue weighted by Crippen LogP contribution is -2.04. The largest absolute Gasteiger partial charge is 0.469 e. The van der Waals surface area contributed by atoms with Crippen molar-refractivity contribution < 1.29 is 23.1 Å². The van der Waals surface area contributed by atoms with Gasteiger partial charge >= 0.3 is 5.97 Å². The molecule has 2 rings (SSSR count). The summed E-state index contributed by atoms with van der Waals surface area (Å²) in [5, 5.41) is 0. The number of carbonyl (C=O) groups is 1. The fourth-order valence-electron chi connectivity index (χ4n) is 1.68. The maximum absolute atomic E-state index is 11.5. The highest BCUT2D eigenvalue weighted by atomic mass is 16.5. The van der Waals surface area contributed by atoms with Crippen LogP contribution in [0.4, 0.5) is 0 Å². The van der Waals surface area contributed by atoms with Crippen LogP contribution in [0.3, 0.4) is 0 Å². The molecule has 2 aromatic heterocycles. The van der Waals surface area contributed by atoms with Gasteiger partial charge in [-0.3, -0.25) is 0 Å². The Hall–Kier alpha value is -2.08. The van der Waals surface area contributed by atoms with Crippen molar-refractivity contribution in [3.63, 3.8) is 0 Å². The van der Waals surface area contributed by atoms with E-state index >= 15 is 0 Å². The Morgan fingerprint density at radius 1 is 1.37 bits per heavy atom. The van der Waals surface area contributed by atoms with Crippen molar-refractivity contribution in [1.82, 2.24) is 4.98 Å². The molecule has 102 valence electrons. The highest BCUT2D eigenvalue weighted by Crippen LogP contribution is 2.15. The Labute approximate surface area is 110 Å². The van der Waals surface area contributed by atoms with Crippen molar-refractivity contribution in [2.75, 3.05) is 14.2 Å². The molecule has 0 aliphatic carbocycles. The van der Waals surface area contributed by atoms with Crippen LogP contribution in [-0.4, -0.2) is 25.2 Å². The third-order valence-electron chi connectivity index (χ3n) is 2.56. The van der Waals surface area contributed by atoms with E-state index in [4.69, 9.17) is 13.6 Å². The van der Waals surface area contributed by atoms with Crippen LogP contribution in [0, 0.1) is 0 Å². The highest BCUT2D eigenvalue weighted by Gasteiger charge is 2.20. The zero-order valence-corrected chi connectivity index (χ0v) is 10.8. The lowest BCUT2D eigenvalue weighted by Gasteiger charge is -1.96. The number of ether oxygens (including phenoxy) is 2. The van der Waals surface area contributed by atoms with Gasteiger partial charge in [-0.1, -0.05) is 0 Å². The summed E-state index contributed by atoms with van der Waals surface area (Å²) in [4.78, 5) is 15.8. The van der Waals surface area contributed by atoms with Crippen molar-refractivity contribution >= 4 is 5.97 Å². The van der Waals surface area contributed by atoms with Crippen LogP contribution in [0.15, 0.2) is 27.2 Å². The van der Waals surface area contributed by atoms with Gasteiger partial charge in [0.25, 0.3) is 0 Å². The van der Waals surface area contributed by atoms with Crippen molar-refractivity contribution in [3.8, 4) is 0 Å². The number of methoxy groups -OCH3 is 2. The number of aryl methyl sites for hydroxylation is 2. The molecule has 0 aliphatic rings. The molecule has 6 heteroatoms. The molecular weight excluding hydrogens is 250 g/mol. The summed E-state index contributed by atoms with van der Waals surface area (Å²) < 4.78 is 20.3. The van der Waals surface area contributed by atoms with Crippen LogP contribution in [0.2, 0.25) is 0 Å². The Morgan fingerprint density at radius 2 is 2.21 bits per heavy atom. The van der Waals surface area contributed by atoms with Gasteiger partial charge in [-0.05, 0) is 12.1 Å². The molecule has 0 aliphatic heterocycles. The Morgan fingerprint density at radius 3 is 2.84 bits per heavy atom. The molecule has 19 heavy (non-hydrogen) atoms. The summed E-state index contributed by atoms with van der Waals surface area (Å²) in [7, 11) is 2.82. The second-order valence-electron chi connectivity index (χ2n) is 3.89. The highest BCUT2D eigenvalue weighted by molar-refractivity contribution is 5.87. The van der Waals surface area contributed by atoms with E-state index in [0.29, 0.717) is 24.4 Å². The lowest BCUT2D eigenvalue weighted by molar-refractivity contribution is 0.0556. The number of furan rings is 1. The number of esters is 1. The predicted molar refractivity (Wildman–Crippen MR) is 64.7 cm³/mol. The number of hydrogen-bond donors (Lipinski definition) is 0. The molecule has 0 atom stereocenters. The van der Waals surface area contributed by atoms with Crippen LogP contribution >= 0.6 is 0 Å². The quantitative estimate of drug-likeness (QED) is 0.743. The van der Waals surface area contributed by atoms with E-state index in [-0.39, 0.29) is 12.4 Å². The molecule has 0 spiro atoms. The molecule has 6 nitrogen and oxygen atoms in total. The fourth-order valence-corrected chi connectivity index (χ4v) is 1.68. The minimum Gasteiger partial charge on any atom is -0.469 e. The van der Waals surface area contributed by atoms with Crippen LogP contribution in [0.25, 0.3) is 0 Å². The second kappa shape index (κ2) is 6.19. The molecule has 0 aromatic carbocycles. The molecule has 2 aromatic rings. The first kappa shape index (κ1) is 13.4. The van der Waals surface area contributed by atoms with Gasteiger partial charge in [0.15, 0.2) is 5.89 Å². The molecule has 0 unspecified atom stereocenters. The summed E-state index contributed by atoms with van der Waals surface area (Å²) in [5.41, 5.74) is 0.448. The molecular formula is C13H15NO5. The number of carbonyl (C=O) groups excluding carboxylic acids is 1. The van der Waals surface area contributed by atoms with Crippen LogP contribution in [0.5, 0.6) is 0 Å².